The van der Waals surface area contributed by atoms with Crippen LogP contribution in [0.1, 0.15) is 41.7 Å². The van der Waals surface area contributed by atoms with Crippen LogP contribution in [-0.4, -0.2) is 28.4 Å². The highest BCUT2D eigenvalue weighted by atomic mass is 16.5. The van der Waals surface area contributed by atoms with Crippen molar-refractivity contribution in [2.75, 3.05) is 18.5 Å². The quantitative estimate of drug-likeness (QED) is 0.772. The maximum absolute atomic E-state index is 9.53. The van der Waals surface area contributed by atoms with Crippen LogP contribution in [0.15, 0.2) is 28.7 Å². The Balaban J connectivity index is 1.55. The molecule has 26 heavy (non-hydrogen) atoms. The van der Waals surface area contributed by atoms with E-state index in [1.807, 2.05) is 31.2 Å². The molecule has 1 fully saturated rings. The highest BCUT2D eigenvalue weighted by Crippen LogP contribution is 2.26. The highest BCUT2D eigenvalue weighted by molar-refractivity contribution is 5.86. The van der Waals surface area contributed by atoms with E-state index < -0.39 is 0 Å². The first-order valence-corrected chi connectivity index (χ1v) is 8.69. The number of nitriles is 1. The van der Waals surface area contributed by atoms with Crippen LogP contribution in [0.3, 0.4) is 0 Å². The number of ether oxygens (including phenoxy) is 1. The molecular weight excluding hydrogens is 330 g/mol. The van der Waals surface area contributed by atoms with Crippen molar-refractivity contribution >= 4 is 16.7 Å². The Hall–Kier alpha value is -2.98. The number of hydrogen-bond donors (Lipinski definition) is 1. The largest absolute Gasteiger partial charge is 0.423 e. The fourth-order valence-corrected chi connectivity index (χ4v) is 3.24. The summed E-state index contributed by atoms with van der Waals surface area (Å²) >= 11 is 0. The molecule has 132 valence electrons. The van der Waals surface area contributed by atoms with Gasteiger partial charge in [-0.3, -0.25) is 0 Å². The summed E-state index contributed by atoms with van der Waals surface area (Å²) in [7, 11) is 0. The maximum Gasteiger partial charge on any atom is 0.235 e. The minimum atomic E-state index is 0.167. The van der Waals surface area contributed by atoms with E-state index in [4.69, 9.17) is 9.15 Å². The minimum Gasteiger partial charge on any atom is -0.423 e. The van der Waals surface area contributed by atoms with Gasteiger partial charge in [0, 0.05) is 12.0 Å². The zero-order valence-corrected chi connectivity index (χ0v) is 14.5. The standard InChI is InChI=1S/C19H19N5O2/c1-12-14-6-2-3-7-16(14)22-18(15(12)9-20)21-10-17-23-24-19(26-17)13-5-4-8-25-11-13/h2-3,6-7,13H,4-5,8,10-11H2,1H3,(H,21,22). The third-order valence-electron chi connectivity index (χ3n) is 4.66. The molecule has 3 aromatic rings. The van der Waals surface area contributed by atoms with Gasteiger partial charge in [-0.25, -0.2) is 4.98 Å². The van der Waals surface area contributed by atoms with Crippen molar-refractivity contribution in [3.05, 3.63) is 47.2 Å². The Bertz CT molecular complexity index is 970. The molecule has 0 spiro atoms. The molecule has 0 amide bonds. The van der Waals surface area contributed by atoms with E-state index in [-0.39, 0.29) is 5.92 Å². The van der Waals surface area contributed by atoms with Gasteiger partial charge in [0.15, 0.2) is 0 Å². The van der Waals surface area contributed by atoms with Gasteiger partial charge in [0.2, 0.25) is 11.8 Å². The molecule has 7 heteroatoms. The summed E-state index contributed by atoms with van der Waals surface area (Å²) in [6.07, 6.45) is 2.01. The maximum atomic E-state index is 9.53. The van der Waals surface area contributed by atoms with E-state index in [2.05, 4.69) is 26.6 Å². The van der Waals surface area contributed by atoms with Gasteiger partial charge in [-0.05, 0) is 31.4 Å². The number of benzene rings is 1. The number of aromatic nitrogens is 3. The average Bonchev–Trinajstić information content (AvgIpc) is 3.16. The van der Waals surface area contributed by atoms with Gasteiger partial charge in [-0.15, -0.1) is 10.2 Å². The molecule has 1 unspecified atom stereocenters. The molecule has 0 bridgehead atoms. The van der Waals surface area contributed by atoms with Crippen molar-refractivity contribution in [3.63, 3.8) is 0 Å². The van der Waals surface area contributed by atoms with E-state index in [1.165, 1.54) is 0 Å². The second kappa shape index (κ2) is 7.10. The molecule has 0 radical (unpaired) electrons. The number of hydrogen-bond acceptors (Lipinski definition) is 7. The van der Waals surface area contributed by atoms with Crippen molar-refractivity contribution in [1.29, 1.82) is 5.26 Å². The summed E-state index contributed by atoms with van der Waals surface area (Å²) in [5, 5.41) is 21.9. The van der Waals surface area contributed by atoms with E-state index in [1.54, 1.807) is 0 Å². The zero-order valence-electron chi connectivity index (χ0n) is 14.5. The molecule has 1 aliphatic heterocycles. The minimum absolute atomic E-state index is 0.167. The second-order valence-electron chi connectivity index (χ2n) is 6.39. The van der Waals surface area contributed by atoms with Gasteiger partial charge in [0.05, 0.1) is 30.1 Å². The molecule has 1 atom stereocenters. The van der Waals surface area contributed by atoms with Crippen LogP contribution in [0, 0.1) is 18.3 Å². The number of rotatable bonds is 4. The Morgan fingerprint density at radius 2 is 2.19 bits per heavy atom. The second-order valence-corrected chi connectivity index (χ2v) is 6.39. The number of pyridine rings is 1. The van der Waals surface area contributed by atoms with E-state index in [0.717, 1.165) is 35.9 Å². The molecule has 7 nitrogen and oxygen atoms in total. The van der Waals surface area contributed by atoms with E-state index in [9.17, 15) is 5.26 Å². The van der Waals surface area contributed by atoms with Crippen LogP contribution in [0.5, 0.6) is 0 Å². The Kier molecular flexibility index (Phi) is 4.50. The molecule has 0 aliphatic carbocycles. The van der Waals surface area contributed by atoms with Gasteiger partial charge in [0.25, 0.3) is 0 Å². The van der Waals surface area contributed by atoms with Crippen molar-refractivity contribution in [2.24, 2.45) is 0 Å². The smallest absolute Gasteiger partial charge is 0.235 e. The van der Waals surface area contributed by atoms with Gasteiger partial charge < -0.3 is 14.5 Å². The molecule has 4 rings (SSSR count). The molecule has 1 aliphatic rings. The Labute approximate surface area is 151 Å². The lowest BCUT2D eigenvalue weighted by molar-refractivity contribution is 0.0722. The summed E-state index contributed by atoms with van der Waals surface area (Å²) in [6, 6.07) is 10.0. The van der Waals surface area contributed by atoms with E-state index >= 15 is 0 Å². The van der Waals surface area contributed by atoms with Crippen LogP contribution in [-0.2, 0) is 11.3 Å². The van der Waals surface area contributed by atoms with Gasteiger partial charge in [-0.2, -0.15) is 5.26 Å². The molecule has 1 N–H and O–H groups in total. The fraction of sp³-hybridized carbons (Fsp3) is 0.368. The first-order chi connectivity index (χ1) is 12.8. The number of fused-ring (bicyclic) bond motifs is 1. The first-order valence-electron chi connectivity index (χ1n) is 8.69. The predicted octanol–water partition coefficient (Wildman–Crippen LogP) is 3.30. The Morgan fingerprint density at radius 1 is 1.31 bits per heavy atom. The SMILES string of the molecule is Cc1c(C#N)c(NCc2nnc(C3CCCOC3)o2)nc2ccccc12. The van der Waals surface area contributed by atoms with Crippen molar-refractivity contribution in [1.82, 2.24) is 15.2 Å². The lowest BCUT2D eigenvalue weighted by Gasteiger charge is -2.18. The third-order valence-corrected chi connectivity index (χ3v) is 4.66. The van der Waals surface area contributed by atoms with Crippen LogP contribution in [0.2, 0.25) is 0 Å². The number of para-hydroxylation sites is 1. The normalized spacial score (nSPS) is 17.2. The van der Waals surface area contributed by atoms with Gasteiger partial charge in [-0.1, -0.05) is 18.2 Å². The summed E-state index contributed by atoms with van der Waals surface area (Å²) < 4.78 is 11.2. The van der Waals surface area contributed by atoms with E-state index in [0.29, 0.717) is 36.3 Å². The van der Waals surface area contributed by atoms with Crippen LogP contribution < -0.4 is 5.32 Å². The number of nitrogens with one attached hydrogen (secondary N) is 1. The highest BCUT2D eigenvalue weighted by Gasteiger charge is 2.22. The van der Waals surface area contributed by atoms with Crippen LogP contribution in [0.25, 0.3) is 10.9 Å². The number of aryl methyl sites for hydroxylation is 1. The van der Waals surface area contributed by atoms with Crippen LogP contribution in [0.4, 0.5) is 5.82 Å². The summed E-state index contributed by atoms with van der Waals surface area (Å²) in [5.41, 5.74) is 2.28. The number of anilines is 1. The first kappa shape index (κ1) is 16.5. The van der Waals surface area contributed by atoms with Crippen molar-refractivity contribution in [3.8, 4) is 6.07 Å². The summed E-state index contributed by atoms with van der Waals surface area (Å²) in [5.74, 6) is 1.79. The fourth-order valence-electron chi connectivity index (χ4n) is 3.24. The molecule has 1 saturated heterocycles. The molecule has 3 heterocycles. The molecule has 0 saturated carbocycles. The lowest BCUT2D eigenvalue weighted by Crippen LogP contribution is -2.15. The summed E-state index contributed by atoms with van der Waals surface area (Å²) in [6.45, 7) is 3.67. The van der Waals surface area contributed by atoms with Crippen molar-refractivity contribution < 1.29 is 9.15 Å². The Morgan fingerprint density at radius 3 is 3.00 bits per heavy atom. The third kappa shape index (κ3) is 3.11. The predicted molar refractivity (Wildman–Crippen MR) is 95.6 cm³/mol. The summed E-state index contributed by atoms with van der Waals surface area (Å²) in [4.78, 5) is 4.58. The van der Waals surface area contributed by atoms with Crippen LogP contribution >= 0.6 is 0 Å². The molecule has 1 aromatic carbocycles. The average molecular weight is 349 g/mol. The monoisotopic (exact) mass is 349 g/mol. The lowest BCUT2D eigenvalue weighted by atomic mass is 10.0. The number of nitrogens with zero attached hydrogens (tertiary/aromatic N) is 4. The van der Waals surface area contributed by atoms with Crippen molar-refractivity contribution in [2.45, 2.75) is 32.2 Å². The van der Waals surface area contributed by atoms with Gasteiger partial charge >= 0.3 is 0 Å². The van der Waals surface area contributed by atoms with Gasteiger partial charge in [0.1, 0.15) is 11.9 Å². The zero-order chi connectivity index (χ0) is 17.9. The molecule has 2 aromatic heterocycles. The topological polar surface area (TPSA) is 96.9 Å². The molecular formula is C19H19N5O2.